The van der Waals surface area contributed by atoms with Crippen LogP contribution in [0.3, 0.4) is 0 Å². The summed E-state index contributed by atoms with van der Waals surface area (Å²) in [6, 6.07) is 9.58. The van der Waals surface area contributed by atoms with Crippen LogP contribution in [0.2, 0.25) is 10.0 Å². The normalized spacial score (nSPS) is 14.0. The molecule has 0 bridgehead atoms. The number of anilines is 2. The molecule has 1 fully saturated rings. The van der Waals surface area contributed by atoms with Crippen LogP contribution in [0.1, 0.15) is 25.8 Å². The standard InChI is InChI=1S/C24H26Cl2N4O4/c1-16(2)13-24(32)29-11-9-28(10-12-29)21-7-5-18(25)15-20(21)27-23(31)8-4-17-3-6-19(26)22(14-17)30(33)34/h3-8,14-16H,9-13H2,1-2H3,(H,27,31)/b8-4+. The van der Waals surface area contributed by atoms with Gasteiger partial charge in [0.25, 0.3) is 5.69 Å². The van der Waals surface area contributed by atoms with Gasteiger partial charge in [-0.25, -0.2) is 0 Å². The molecule has 1 aliphatic rings. The average molecular weight is 505 g/mol. The van der Waals surface area contributed by atoms with Crippen LogP contribution in [0, 0.1) is 16.0 Å². The first-order valence-corrected chi connectivity index (χ1v) is 11.6. The number of carbonyl (C=O) groups excluding carboxylic acids is 2. The smallest absolute Gasteiger partial charge is 0.288 e. The van der Waals surface area contributed by atoms with Crippen molar-refractivity contribution in [2.24, 2.45) is 5.92 Å². The molecule has 2 amide bonds. The quantitative estimate of drug-likeness (QED) is 0.315. The molecule has 2 aromatic carbocycles. The Bertz CT molecular complexity index is 1110. The lowest BCUT2D eigenvalue weighted by Gasteiger charge is -2.37. The molecule has 8 nitrogen and oxygen atoms in total. The van der Waals surface area contributed by atoms with Crippen LogP contribution in [0.15, 0.2) is 42.5 Å². The highest BCUT2D eigenvalue weighted by molar-refractivity contribution is 6.32. The first-order chi connectivity index (χ1) is 16.1. The fourth-order valence-electron chi connectivity index (χ4n) is 3.68. The van der Waals surface area contributed by atoms with Crippen molar-refractivity contribution in [3.63, 3.8) is 0 Å². The predicted octanol–water partition coefficient (Wildman–Crippen LogP) is 5.25. The molecule has 2 aromatic rings. The summed E-state index contributed by atoms with van der Waals surface area (Å²) in [5, 5.41) is 14.4. The number of nitrogens with one attached hydrogen (secondary N) is 1. The van der Waals surface area contributed by atoms with E-state index in [4.69, 9.17) is 23.2 Å². The number of benzene rings is 2. The zero-order chi connectivity index (χ0) is 24.8. The Kier molecular flexibility index (Phi) is 8.52. The van der Waals surface area contributed by atoms with E-state index in [1.54, 1.807) is 18.2 Å². The molecule has 0 unspecified atom stereocenters. The minimum atomic E-state index is -0.575. The molecule has 0 aliphatic carbocycles. The Hall–Kier alpha value is -3.10. The summed E-state index contributed by atoms with van der Waals surface area (Å²) < 4.78 is 0. The van der Waals surface area contributed by atoms with Crippen molar-refractivity contribution in [2.45, 2.75) is 20.3 Å². The molecule has 0 spiro atoms. The van der Waals surface area contributed by atoms with Crippen LogP contribution in [0.5, 0.6) is 0 Å². The van der Waals surface area contributed by atoms with E-state index in [2.05, 4.69) is 10.2 Å². The third-order valence-corrected chi connectivity index (χ3v) is 5.92. The second kappa shape index (κ2) is 11.4. The van der Waals surface area contributed by atoms with Gasteiger partial charge in [0, 0.05) is 49.8 Å². The van der Waals surface area contributed by atoms with Gasteiger partial charge >= 0.3 is 0 Å². The number of hydrogen-bond acceptors (Lipinski definition) is 5. The average Bonchev–Trinajstić information content (AvgIpc) is 2.78. The molecule has 1 aliphatic heterocycles. The van der Waals surface area contributed by atoms with E-state index in [0.717, 1.165) is 5.69 Å². The Morgan fingerprint density at radius 3 is 2.47 bits per heavy atom. The number of halogens is 2. The zero-order valence-electron chi connectivity index (χ0n) is 19.0. The first-order valence-electron chi connectivity index (χ1n) is 10.9. The molecule has 1 saturated heterocycles. The van der Waals surface area contributed by atoms with Gasteiger partial charge < -0.3 is 15.1 Å². The lowest BCUT2D eigenvalue weighted by molar-refractivity contribution is -0.384. The van der Waals surface area contributed by atoms with E-state index in [9.17, 15) is 19.7 Å². The van der Waals surface area contributed by atoms with Gasteiger partial charge in [-0.2, -0.15) is 0 Å². The highest BCUT2D eigenvalue weighted by Gasteiger charge is 2.23. The molecule has 1 heterocycles. The number of nitro groups is 1. The Labute approximate surface area is 208 Å². The maximum atomic E-state index is 12.6. The third kappa shape index (κ3) is 6.71. The maximum absolute atomic E-state index is 12.6. The summed E-state index contributed by atoms with van der Waals surface area (Å²) in [5.74, 6) is 0.0643. The van der Waals surface area contributed by atoms with Crippen molar-refractivity contribution in [1.29, 1.82) is 0 Å². The van der Waals surface area contributed by atoms with E-state index in [1.165, 1.54) is 24.3 Å². The summed E-state index contributed by atoms with van der Waals surface area (Å²) in [6.45, 7) is 6.55. The monoisotopic (exact) mass is 504 g/mol. The van der Waals surface area contributed by atoms with E-state index in [0.29, 0.717) is 54.8 Å². The molecular formula is C24H26Cl2N4O4. The fourth-order valence-corrected chi connectivity index (χ4v) is 4.04. The largest absolute Gasteiger partial charge is 0.366 e. The highest BCUT2D eigenvalue weighted by atomic mass is 35.5. The van der Waals surface area contributed by atoms with Gasteiger partial charge in [0.2, 0.25) is 11.8 Å². The van der Waals surface area contributed by atoms with Crippen molar-refractivity contribution in [1.82, 2.24) is 4.90 Å². The van der Waals surface area contributed by atoms with Crippen LogP contribution >= 0.6 is 23.2 Å². The SMILES string of the molecule is CC(C)CC(=O)N1CCN(c2ccc(Cl)cc2NC(=O)/C=C/c2ccc(Cl)c([N+](=O)[O-])c2)CC1. The second-order valence-electron chi connectivity index (χ2n) is 8.42. The summed E-state index contributed by atoms with van der Waals surface area (Å²) in [5.41, 5.74) is 1.60. The molecule has 34 heavy (non-hydrogen) atoms. The summed E-state index contributed by atoms with van der Waals surface area (Å²) in [7, 11) is 0. The summed E-state index contributed by atoms with van der Waals surface area (Å²) in [6.07, 6.45) is 3.30. The minimum Gasteiger partial charge on any atom is -0.366 e. The minimum absolute atomic E-state index is 0.0289. The van der Waals surface area contributed by atoms with Gasteiger partial charge in [0.15, 0.2) is 0 Å². The Balaban J connectivity index is 1.69. The molecule has 0 radical (unpaired) electrons. The lowest BCUT2D eigenvalue weighted by atomic mass is 10.1. The number of carbonyl (C=O) groups is 2. The van der Waals surface area contributed by atoms with Crippen molar-refractivity contribution in [2.75, 3.05) is 36.4 Å². The lowest BCUT2D eigenvalue weighted by Crippen LogP contribution is -2.49. The summed E-state index contributed by atoms with van der Waals surface area (Å²) in [4.78, 5) is 39.4. The zero-order valence-corrected chi connectivity index (χ0v) is 20.5. The van der Waals surface area contributed by atoms with Crippen LogP contribution in [0.4, 0.5) is 17.1 Å². The molecule has 0 aromatic heterocycles. The van der Waals surface area contributed by atoms with E-state index in [-0.39, 0.29) is 16.6 Å². The van der Waals surface area contributed by atoms with Crippen LogP contribution < -0.4 is 10.2 Å². The van der Waals surface area contributed by atoms with Crippen LogP contribution in [0.25, 0.3) is 6.08 Å². The number of nitrogens with zero attached hydrogens (tertiary/aromatic N) is 3. The number of rotatable bonds is 7. The van der Waals surface area contributed by atoms with Gasteiger partial charge in [-0.05, 0) is 41.8 Å². The van der Waals surface area contributed by atoms with Crippen LogP contribution in [-0.2, 0) is 9.59 Å². The van der Waals surface area contributed by atoms with Crippen molar-refractivity contribution in [3.8, 4) is 0 Å². The summed E-state index contributed by atoms with van der Waals surface area (Å²) >= 11 is 12.0. The van der Waals surface area contributed by atoms with Crippen molar-refractivity contribution >= 4 is 58.2 Å². The maximum Gasteiger partial charge on any atom is 0.288 e. The molecular weight excluding hydrogens is 479 g/mol. The fraction of sp³-hybridized carbons (Fsp3) is 0.333. The van der Waals surface area contributed by atoms with Gasteiger partial charge in [-0.3, -0.25) is 19.7 Å². The van der Waals surface area contributed by atoms with Gasteiger partial charge in [0.1, 0.15) is 5.02 Å². The Morgan fingerprint density at radius 1 is 1.12 bits per heavy atom. The highest BCUT2D eigenvalue weighted by Crippen LogP contribution is 2.30. The predicted molar refractivity (Wildman–Crippen MR) is 135 cm³/mol. The molecule has 1 N–H and O–H groups in total. The number of nitro benzene ring substituents is 1. The van der Waals surface area contributed by atoms with Crippen LogP contribution in [-0.4, -0.2) is 47.8 Å². The molecule has 3 rings (SSSR count). The Morgan fingerprint density at radius 2 is 1.82 bits per heavy atom. The molecule has 180 valence electrons. The second-order valence-corrected chi connectivity index (χ2v) is 9.26. The number of amides is 2. The topological polar surface area (TPSA) is 95.8 Å². The van der Waals surface area contributed by atoms with Gasteiger partial charge in [-0.1, -0.05) is 43.1 Å². The van der Waals surface area contributed by atoms with E-state index >= 15 is 0 Å². The van der Waals surface area contributed by atoms with E-state index < -0.39 is 10.8 Å². The van der Waals surface area contributed by atoms with Gasteiger partial charge in [-0.15, -0.1) is 0 Å². The number of hydrogen-bond donors (Lipinski definition) is 1. The molecule has 0 atom stereocenters. The molecule has 10 heteroatoms. The van der Waals surface area contributed by atoms with Gasteiger partial charge in [0.05, 0.1) is 16.3 Å². The first kappa shape index (κ1) is 25.5. The number of piperazine rings is 1. The molecule has 0 saturated carbocycles. The van der Waals surface area contributed by atoms with E-state index in [1.807, 2.05) is 24.8 Å². The van der Waals surface area contributed by atoms with Crippen molar-refractivity contribution < 1.29 is 14.5 Å². The third-order valence-electron chi connectivity index (χ3n) is 5.37. The van der Waals surface area contributed by atoms with Crippen molar-refractivity contribution in [3.05, 3.63) is 68.2 Å².